The molecule has 0 fully saturated rings. The van der Waals surface area contributed by atoms with Crippen LogP contribution >= 0.6 is 0 Å². The lowest BCUT2D eigenvalue weighted by Gasteiger charge is -2.60. The van der Waals surface area contributed by atoms with Gasteiger partial charge in [-0.2, -0.15) is 0 Å². The van der Waals surface area contributed by atoms with Crippen LogP contribution in [0.15, 0.2) is 47.6 Å². The van der Waals surface area contributed by atoms with Crippen molar-refractivity contribution in [3.63, 3.8) is 0 Å². The van der Waals surface area contributed by atoms with E-state index in [0.717, 1.165) is 23.6 Å². The molecule has 1 N–H and O–H groups in total. The van der Waals surface area contributed by atoms with Crippen molar-refractivity contribution < 1.29 is 14.6 Å². The number of hydrogen-bond donors (Lipinski definition) is 1. The zero-order valence-electron chi connectivity index (χ0n) is 16.9. The largest absolute Gasteiger partial charge is 0.478 e. The van der Waals surface area contributed by atoms with Crippen molar-refractivity contribution in [2.75, 3.05) is 0 Å². The Morgan fingerprint density at radius 1 is 1.07 bits per heavy atom. The summed E-state index contributed by atoms with van der Waals surface area (Å²) in [4.78, 5) is 11.4. The predicted octanol–water partition coefficient (Wildman–Crippen LogP) is 5.87. The van der Waals surface area contributed by atoms with Gasteiger partial charge in [-0.1, -0.05) is 30.4 Å². The van der Waals surface area contributed by atoms with Gasteiger partial charge in [0.1, 0.15) is 0 Å². The van der Waals surface area contributed by atoms with Crippen LogP contribution in [0.25, 0.3) is 16.8 Å². The Kier molecular flexibility index (Phi) is 3.38. The van der Waals surface area contributed by atoms with Crippen molar-refractivity contribution in [3.05, 3.63) is 64.2 Å². The second-order valence-corrected chi connectivity index (χ2v) is 9.37. The van der Waals surface area contributed by atoms with E-state index < -0.39 is 5.97 Å². The van der Waals surface area contributed by atoms with Gasteiger partial charge in [-0.25, -0.2) is 4.79 Å². The molecule has 144 valence electrons. The highest BCUT2D eigenvalue weighted by atomic mass is 16.5. The van der Waals surface area contributed by atoms with Crippen molar-refractivity contribution in [1.29, 1.82) is 0 Å². The normalized spacial score (nSPS) is 26.7. The summed E-state index contributed by atoms with van der Waals surface area (Å²) < 4.78 is 6.74. The second kappa shape index (κ2) is 5.36. The fourth-order valence-corrected chi connectivity index (χ4v) is 6.15. The number of fused-ring (bicyclic) bond motifs is 3. The zero-order valence-corrected chi connectivity index (χ0v) is 16.9. The van der Waals surface area contributed by atoms with Crippen LogP contribution in [0.1, 0.15) is 68.4 Å². The van der Waals surface area contributed by atoms with Crippen molar-refractivity contribution in [1.82, 2.24) is 0 Å². The molecule has 2 aromatic carbocycles. The van der Waals surface area contributed by atoms with E-state index in [0.29, 0.717) is 5.56 Å². The van der Waals surface area contributed by atoms with Gasteiger partial charge < -0.3 is 9.84 Å². The van der Waals surface area contributed by atoms with Gasteiger partial charge in [0.25, 0.3) is 0 Å². The highest BCUT2D eigenvalue weighted by molar-refractivity contribution is 5.99. The minimum Gasteiger partial charge on any atom is -0.478 e. The van der Waals surface area contributed by atoms with E-state index in [1.807, 2.05) is 6.07 Å². The molecule has 3 aliphatic rings. The molecule has 1 aliphatic heterocycles. The summed E-state index contributed by atoms with van der Waals surface area (Å²) in [6, 6.07) is 9.72. The number of carbonyl (C=O) groups is 1. The molecular weight excluding hydrogens is 348 g/mol. The molecule has 2 bridgehead atoms. The Morgan fingerprint density at radius 2 is 1.86 bits per heavy atom. The third-order valence-electron chi connectivity index (χ3n) is 7.21. The van der Waals surface area contributed by atoms with Crippen LogP contribution in [0.3, 0.4) is 0 Å². The van der Waals surface area contributed by atoms with E-state index in [1.165, 1.54) is 28.7 Å². The van der Waals surface area contributed by atoms with E-state index in [2.05, 4.69) is 52.0 Å². The van der Waals surface area contributed by atoms with E-state index in [1.54, 1.807) is 12.1 Å². The first-order valence-corrected chi connectivity index (χ1v) is 10.1. The van der Waals surface area contributed by atoms with Gasteiger partial charge >= 0.3 is 5.97 Å². The van der Waals surface area contributed by atoms with Gasteiger partial charge in [0.2, 0.25) is 0 Å². The zero-order chi connectivity index (χ0) is 19.9. The first-order chi connectivity index (χ1) is 13.2. The van der Waals surface area contributed by atoms with Gasteiger partial charge in [-0.15, -0.1) is 0 Å². The molecule has 1 unspecified atom stereocenters. The lowest BCUT2D eigenvalue weighted by molar-refractivity contribution is -0.158. The topological polar surface area (TPSA) is 46.5 Å². The van der Waals surface area contributed by atoms with Gasteiger partial charge in [-0.3, -0.25) is 0 Å². The molecule has 2 aliphatic carbocycles. The van der Waals surface area contributed by atoms with E-state index in [9.17, 15) is 9.90 Å². The number of aromatic carboxylic acids is 1. The molecule has 0 saturated heterocycles. The van der Waals surface area contributed by atoms with Gasteiger partial charge in [-0.05, 0) is 92.1 Å². The number of benzene rings is 2. The number of ether oxygens (including phenoxy) is 1. The summed E-state index contributed by atoms with van der Waals surface area (Å²) in [6.45, 7) is 8.86. The lowest BCUT2D eigenvalue weighted by atomic mass is 9.52. The van der Waals surface area contributed by atoms with Crippen molar-refractivity contribution >= 4 is 22.8 Å². The molecule has 3 heteroatoms. The minimum absolute atomic E-state index is 0.153. The fourth-order valence-electron chi connectivity index (χ4n) is 6.15. The average molecular weight is 374 g/mol. The summed E-state index contributed by atoms with van der Waals surface area (Å²) in [5, 5.41) is 11.4. The molecular formula is C25H26O3. The van der Waals surface area contributed by atoms with Crippen LogP contribution in [-0.2, 0) is 10.2 Å². The molecule has 0 saturated carbocycles. The smallest absolute Gasteiger partial charge is 0.335 e. The van der Waals surface area contributed by atoms with E-state index in [4.69, 9.17) is 4.74 Å². The summed E-state index contributed by atoms with van der Waals surface area (Å²) >= 11 is 0. The maximum absolute atomic E-state index is 11.4. The second-order valence-electron chi connectivity index (χ2n) is 9.37. The number of allylic oxidation sites excluding steroid dienone is 1. The molecule has 1 heterocycles. The summed E-state index contributed by atoms with van der Waals surface area (Å²) in [6.07, 6.45) is 7.88. The summed E-state index contributed by atoms with van der Waals surface area (Å²) in [5.41, 5.74) is 4.99. The van der Waals surface area contributed by atoms with Crippen LogP contribution in [0.2, 0.25) is 0 Å². The Morgan fingerprint density at radius 3 is 2.61 bits per heavy atom. The Labute approximate surface area is 165 Å². The average Bonchev–Trinajstić information content (AvgIpc) is 2.64. The maximum atomic E-state index is 11.4. The van der Waals surface area contributed by atoms with Crippen molar-refractivity contribution in [2.45, 2.75) is 63.6 Å². The molecule has 2 aromatic rings. The molecule has 28 heavy (non-hydrogen) atoms. The fraction of sp³-hybridized carbons (Fsp3) is 0.400. The molecule has 0 radical (unpaired) electrons. The van der Waals surface area contributed by atoms with Crippen LogP contribution in [-0.4, -0.2) is 22.3 Å². The maximum Gasteiger partial charge on any atom is 0.335 e. The Bertz CT molecular complexity index is 1100. The van der Waals surface area contributed by atoms with E-state index in [-0.39, 0.29) is 16.6 Å². The number of hydrogen-bond acceptors (Lipinski definition) is 2. The van der Waals surface area contributed by atoms with Crippen LogP contribution in [0.5, 0.6) is 0 Å². The van der Waals surface area contributed by atoms with E-state index >= 15 is 0 Å². The van der Waals surface area contributed by atoms with Crippen molar-refractivity contribution in [2.24, 2.45) is 0 Å². The minimum atomic E-state index is -0.889. The summed E-state index contributed by atoms with van der Waals surface area (Å²) in [5.74, 6) is -0.889. The van der Waals surface area contributed by atoms with Crippen LogP contribution in [0, 0.1) is 0 Å². The van der Waals surface area contributed by atoms with Gasteiger partial charge in [0.05, 0.1) is 16.8 Å². The predicted molar refractivity (Wildman–Crippen MR) is 112 cm³/mol. The highest BCUT2D eigenvalue weighted by Crippen LogP contribution is 2.61. The molecule has 0 spiro atoms. The van der Waals surface area contributed by atoms with Crippen molar-refractivity contribution in [3.8, 4) is 0 Å². The van der Waals surface area contributed by atoms with Crippen LogP contribution < -0.4 is 0 Å². The number of carboxylic acids is 1. The third kappa shape index (κ3) is 2.06. The summed E-state index contributed by atoms with van der Waals surface area (Å²) in [7, 11) is 0. The van der Waals surface area contributed by atoms with Gasteiger partial charge in [0.15, 0.2) is 0 Å². The lowest BCUT2D eigenvalue weighted by Crippen LogP contribution is -2.61. The number of carboxylic acid groups (broad SMARTS) is 1. The molecule has 0 amide bonds. The quantitative estimate of drug-likeness (QED) is 0.679. The third-order valence-corrected chi connectivity index (χ3v) is 7.21. The molecule has 1 atom stereocenters. The highest BCUT2D eigenvalue weighted by Gasteiger charge is 2.59. The Balaban J connectivity index is 1.84. The Hall–Kier alpha value is -2.39. The SMILES string of the molecule is CC1(C)OC(C)(C)C23CCCC1=C2C=Cc1c3ccc2cc(C(=O)O)ccc12. The van der Waals surface area contributed by atoms with Gasteiger partial charge in [0, 0.05) is 5.41 Å². The first kappa shape index (κ1) is 17.7. The monoisotopic (exact) mass is 374 g/mol. The molecule has 5 rings (SSSR count). The first-order valence-electron chi connectivity index (χ1n) is 10.1. The molecule has 3 nitrogen and oxygen atoms in total. The van der Waals surface area contributed by atoms with Crippen LogP contribution in [0.4, 0.5) is 0 Å². The molecule has 0 aromatic heterocycles. The number of rotatable bonds is 1. The standard InChI is InChI=1S/C25H26O3/c1-23(2)20-6-5-13-25(24(3,4)28-23)19-11-8-15-14-16(22(26)27)7-9-17(15)18(19)10-12-21(20)25/h7-12,14H,5-6,13H2,1-4H3,(H,26,27).